The van der Waals surface area contributed by atoms with Crippen LogP contribution in [0.1, 0.15) is 31.4 Å². The largest absolute Gasteiger partial charge is 0.369 e. The highest BCUT2D eigenvalue weighted by atomic mass is 32.1. The van der Waals surface area contributed by atoms with E-state index in [1.54, 1.807) is 6.92 Å². The number of thiazole rings is 1. The van der Waals surface area contributed by atoms with Crippen molar-refractivity contribution in [3.05, 3.63) is 34.7 Å². The number of hydrogen-bond donors (Lipinski definition) is 1. The second-order valence-corrected chi connectivity index (χ2v) is 6.32. The van der Waals surface area contributed by atoms with Gasteiger partial charge in [0, 0.05) is 17.6 Å². The van der Waals surface area contributed by atoms with Crippen LogP contribution >= 0.6 is 11.3 Å². The van der Waals surface area contributed by atoms with Crippen molar-refractivity contribution in [2.24, 2.45) is 0 Å². The van der Waals surface area contributed by atoms with Crippen LogP contribution in [-0.2, 0) is 22.4 Å². The molecule has 1 aromatic carbocycles. The van der Waals surface area contributed by atoms with Crippen molar-refractivity contribution in [1.29, 1.82) is 0 Å². The van der Waals surface area contributed by atoms with Crippen molar-refractivity contribution < 1.29 is 9.53 Å². The Kier molecular flexibility index (Phi) is 4.55. The number of hydrogen-bond acceptors (Lipinski definition) is 4. The lowest BCUT2D eigenvalue weighted by molar-refractivity contribution is -0.126. The van der Waals surface area contributed by atoms with Gasteiger partial charge >= 0.3 is 0 Å². The molecule has 5 heteroatoms. The van der Waals surface area contributed by atoms with Gasteiger partial charge in [0.25, 0.3) is 5.91 Å². The van der Waals surface area contributed by atoms with Crippen LogP contribution in [0, 0.1) is 0 Å². The summed E-state index contributed by atoms with van der Waals surface area (Å²) in [5, 5.41) is 5.41. The van der Waals surface area contributed by atoms with E-state index in [4.69, 9.17) is 4.74 Å². The first-order valence-electron chi connectivity index (χ1n) is 7.67. The standard InChI is InChI=1S/C17H20N2O2S/c1-3-21-11(2)16(20)19-17-18-15(10-22-17)14-8-7-12-5-4-6-13(12)9-14/h7-11H,3-6H2,1-2H3,(H,18,19,20). The zero-order valence-electron chi connectivity index (χ0n) is 12.9. The lowest BCUT2D eigenvalue weighted by Gasteiger charge is -2.09. The first-order valence-corrected chi connectivity index (χ1v) is 8.55. The number of carbonyl (C=O) groups excluding carboxylic acids is 1. The van der Waals surface area contributed by atoms with Gasteiger partial charge in [-0.05, 0) is 50.3 Å². The van der Waals surface area contributed by atoms with Gasteiger partial charge in [-0.25, -0.2) is 4.98 Å². The molecule has 22 heavy (non-hydrogen) atoms. The predicted octanol–water partition coefficient (Wildman–Crippen LogP) is 3.66. The Hall–Kier alpha value is -1.72. The molecule has 1 N–H and O–H groups in total. The van der Waals surface area contributed by atoms with E-state index >= 15 is 0 Å². The number of fused-ring (bicyclic) bond motifs is 1. The average molecular weight is 316 g/mol. The minimum atomic E-state index is -0.461. The van der Waals surface area contributed by atoms with Crippen molar-refractivity contribution in [3.8, 4) is 11.3 Å². The number of ether oxygens (including phenoxy) is 1. The fourth-order valence-corrected chi connectivity index (χ4v) is 3.45. The van der Waals surface area contributed by atoms with Crippen molar-refractivity contribution >= 4 is 22.4 Å². The maximum atomic E-state index is 11.9. The highest BCUT2D eigenvalue weighted by molar-refractivity contribution is 7.14. The van der Waals surface area contributed by atoms with Crippen LogP contribution in [0.2, 0.25) is 0 Å². The summed E-state index contributed by atoms with van der Waals surface area (Å²) in [6, 6.07) is 6.55. The maximum Gasteiger partial charge on any atom is 0.254 e. The Balaban J connectivity index is 1.72. The molecule has 1 aliphatic carbocycles. The SMILES string of the molecule is CCOC(C)C(=O)Nc1nc(-c2ccc3c(c2)CCC3)cs1. The van der Waals surface area contributed by atoms with Gasteiger partial charge in [0.05, 0.1) is 5.69 Å². The van der Waals surface area contributed by atoms with Crippen molar-refractivity contribution in [3.63, 3.8) is 0 Å². The highest BCUT2D eigenvalue weighted by Gasteiger charge is 2.16. The average Bonchev–Trinajstić information content (AvgIpc) is 3.15. The second kappa shape index (κ2) is 6.58. The summed E-state index contributed by atoms with van der Waals surface area (Å²) in [5.41, 5.74) is 4.92. The summed E-state index contributed by atoms with van der Waals surface area (Å²) in [5.74, 6) is -0.156. The Labute approximate surface area is 134 Å². The third kappa shape index (κ3) is 3.20. The van der Waals surface area contributed by atoms with Gasteiger partial charge in [-0.15, -0.1) is 11.3 Å². The quantitative estimate of drug-likeness (QED) is 0.916. The van der Waals surface area contributed by atoms with Gasteiger partial charge in [-0.1, -0.05) is 12.1 Å². The number of nitrogens with zero attached hydrogens (tertiary/aromatic N) is 1. The number of nitrogens with one attached hydrogen (secondary N) is 1. The summed E-state index contributed by atoms with van der Waals surface area (Å²) >= 11 is 1.44. The summed E-state index contributed by atoms with van der Waals surface area (Å²) in [4.78, 5) is 16.5. The molecule has 0 saturated carbocycles. The minimum Gasteiger partial charge on any atom is -0.369 e. The molecule has 0 fully saturated rings. The van der Waals surface area contributed by atoms with E-state index in [0.29, 0.717) is 11.7 Å². The van der Waals surface area contributed by atoms with Gasteiger partial charge in [-0.2, -0.15) is 0 Å². The highest BCUT2D eigenvalue weighted by Crippen LogP contribution is 2.30. The number of carbonyl (C=O) groups is 1. The molecule has 2 aromatic rings. The fraction of sp³-hybridized carbons (Fsp3) is 0.412. The molecule has 3 rings (SSSR count). The normalized spacial score (nSPS) is 14.6. The van der Waals surface area contributed by atoms with Gasteiger partial charge in [0.1, 0.15) is 6.10 Å². The van der Waals surface area contributed by atoms with Gasteiger partial charge in [-0.3, -0.25) is 10.1 Å². The number of benzene rings is 1. The monoisotopic (exact) mass is 316 g/mol. The summed E-state index contributed by atoms with van der Waals surface area (Å²) in [6.07, 6.45) is 3.12. The zero-order chi connectivity index (χ0) is 15.5. The lowest BCUT2D eigenvalue weighted by Crippen LogP contribution is -2.27. The third-order valence-corrected chi connectivity index (χ3v) is 4.67. The van der Waals surface area contributed by atoms with Crippen LogP contribution < -0.4 is 5.32 Å². The molecule has 1 heterocycles. The van der Waals surface area contributed by atoms with E-state index in [-0.39, 0.29) is 5.91 Å². The van der Waals surface area contributed by atoms with Gasteiger partial charge in [0.2, 0.25) is 0 Å². The summed E-state index contributed by atoms with van der Waals surface area (Å²) < 4.78 is 5.28. The van der Waals surface area contributed by atoms with Crippen LogP contribution in [0.3, 0.4) is 0 Å². The Morgan fingerprint density at radius 2 is 2.23 bits per heavy atom. The van der Waals surface area contributed by atoms with Crippen LogP contribution in [0.5, 0.6) is 0 Å². The fourth-order valence-electron chi connectivity index (χ4n) is 2.73. The van der Waals surface area contributed by atoms with E-state index in [9.17, 15) is 4.79 Å². The van der Waals surface area contributed by atoms with Gasteiger partial charge < -0.3 is 4.74 Å². The molecule has 1 amide bonds. The van der Waals surface area contributed by atoms with E-state index in [1.807, 2.05) is 12.3 Å². The minimum absolute atomic E-state index is 0.156. The zero-order valence-corrected chi connectivity index (χ0v) is 13.7. The molecule has 0 saturated heterocycles. The molecule has 1 aliphatic rings. The first-order chi connectivity index (χ1) is 10.7. The molecule has 0 spiro atoms. The van der Waals surface area contributed by atoms with E-state index < -0.39 is 6.10 Å². The Morgan fingerprint density at radius 1 is 1.41 bits per heavy atom. The first kappa shape index (κ1) is 15.2. The molecule has 116 valence electrons. The van der Waals surface area contributed by atoms with Crippen molar-refractivity contribution in [2.75, 3.05) is 11.9 Å². The van der Waals surface area contributed by atoms with Gasteiger partial charge in [0.15, 0.2) is 5.13 Å². The molecule has 1 atom stereocenters. The van der Waals surface area contributed by atoms with Crippen molar-refractivity contribution in [1.82, 2.24) is 4.98 Å². The maximum absolute atomic E-state index is 11.9. The summed E-state index contributed by atoms with van der Waals surface area (Å²) in [7, 11) is 0. The lowest BCUT2D eigenvalue weighted by atomic mass is 10.1. The van der Waals surface area contributed by atoms with Crippen LogP contribution in [0.25, 0.3) is 11.3 Å². The topological polar surface area (TPSA) is 51.2 Å². The molecule has 0 aliphatic heterocycles. The summed E-state index contributed by atoms with van der Waals surface area (Å²) in [6.45, 7) is 4.14. The van der Waals surface area contributed by atoms with Crippen LogP contribution in [0.4, 0.5) is 5.13 Å². The molecule has 1 unspecified atom stereocenters. The number of rotatable bonds is 5. The molecular weight excluding hydrogens is 296 g/mol. The van der Waals surface area contributed by atoms with E-state index in [2.05, 4.69) is 28.5 Å². The second-order valence-electron chi connectivity index (χ2n) is 5.46. The van der Waals surface area contributed by atoms with E-state index in [1.165, 1.54) is 35.3 Å². The Bertz CT molecular complexity index is 681. The number of aryl methyl sites for hydroxylation is 2. The third-order valence-electron chi connectivity index (χ3n) is 3.91. The smallest absolute Gasteiger partial charge is 0.254 e. The molecular formula is C17H20N2O2S. The Morgan fingerprint density at radius 3 is 3.05 bits per heavy atom. The predicted molar refractivity (Wildman–Crippen MR) is 89.3 cm³/mol. The van der Waals surface area contributed by atoms with Crippen LogP contribution in [-0.4, -0.2) is 23.6 Å². The molecule has 4 nitrogen and oxygen atoms in total. The number of aromatic nitrogens is 1. The molecule has 0 radical (unpaired) electrons. The molecule has 1 aromatic heterocycles. The van der Waals surface area contributed by atoms with Crippen molar-refractivity contribution in [2.45, 2.75) is 39.2 Å². The number of amides is 1. The van der Waals surface area contributed by atoms with E-state index in [0.717, 1.165) is 17.7 Å². The molecule has 0 bridgehead atoms. The number of anilines is 1. The van der Waals surface area contributed by atoms with Crippen LogP contribution in [0.15, 0.2) is 23.6 Å².